The van der Waals surface area contributed by atoms with Crippen LogP contribution in [0, 0.1) is 0 Å². The number of rotatable bonds is 12. The van der Waals surface area contributed by atoms with Crippen LogP contribution in [0.3, 0.4) is 0 Å². The topological polar surface area (TPSA) is 51.2 Å². The summed E-state index contributed by atoms with van der Waals surface area (Å²) in [6.07, 6.45) is 0. The largest absolute Gasteiger partial charge is 0.309 e. The third-order valence-electron chi connectivity index (χ3n) is 12.4. The highest BCUT2D eigenvalue weighted by molar-refractivity contribution is 7.86. The van der Waals surface area contributed by atoms with Gasteiger partial charge in [0.2, 0.25) is 0 Å². The lowest BCUT2D eigenvalue weighted by atomic mass is 9.88. The molecule has 10 aromatic carbocycles. The Morgan fingerprint density at radius 3 is 0.606 bits per heavy atom. The normalized spacial score (nSPS) is 11.8. The predicted molar refractivity (Wildman–Crippen MR) is 281 cm³/mol. The average molecular weight is 907 g/mol. The van der Waals surface area contributed by atoms with Crippen molar-refractivity contribution in [3.05, 3.63) is 273 Å². The lowest BCUT2D eigenvalue weighted by Gasteiger charge is -2.22. The van der Waals surface area contributed by atoms with Gasteiger partial charge >= 0.3 is 0 Å². The van der Waals surface area contributed by atoms with Crippen molar-refractivity contribution in [2.45, 2.75) is 0 Å². The summed E-state index contributed by atoms with van der Waals surface area (Å²) in [5.41, 5.74) is 5.82. The summed E-state index contributed by atoms with van der Waals surface area (Å²) in [5.74, 6) is 0. The molecule has 0 aliphatic heterocycles. The Morgan fingerprint density at radius 1 is 0.182 bits per heavy atom. The Hall–Kier alpha value is -7.11. The summed E-state index contributed by atoms with van der Waals surface area (Å²) in [7, 11) is -9.63. The highest BCUT2D eigenvalue weighted by Crippen LogP contribution is 2.47. The van der Waals surface area contributed by atoms with Gasteiger partial charge in [0, 0.05) is 47.7 Å². The molecule has 0 aromatic heterocycles. The van der Waals surface area contributed by atoms with Crippen LogP contribution in [0.4, 0.5) is 0 Å². The summed E-state index contributed by atoms with van der Waals surface area (Å²) in [6.45, 7) is 0. The molecular formula is C60H45O3P3. The lowest BCUT2D eigenvalue weighted by Crippen LogP contribution is -2.25. The first-order valence-corrected chi connectivity index (χ1v) is 27.1. The Balaban J connectivity index is 1.13. The van der Waals surface area contributed by atoms with Crippen LogP contribution in [0.15, 0.2) is 273 Å². The molecule has 0 aliphatic carbocycles. The molecule has 10 rings (SSSR count). The van der Waals surface area contributed by atoms with Crippen molar-refractivity contribution < 1.29 is 13.7 Å². The first kappa shape index (κ1) is 42.8. The summed E-state index contributed by atoms with van der Waals surface area (Å²) in [6, 6.07) is 89.2. The molecule has 6 heteroatoms. The zero-order valence-electron chi connectivity index (χ0n) is 36.0. The highest BCUT2D eigenvalue weighted by Gasteiger charge is 2.32. The molecule has 66 heavy (non-hydrogen) atoms. The van der Waals surface area contributed by atoms with Gasteiger partial charge in [-0.25, -0.2) is 0 Å². The first-order chi connectivity index (χ1) is 32.4. The Morgan fingerprint density at radius 2 is 0.379 bits per heavy atom. The molecular weight excluding hydrogens is 862 g/mol. The first-order valence-electron chi connectivity index (χ1n) is 22.0. The van der Waals surface area contributed by atoms with Crippen LogP contribution in [-0.2, 0) is 13.7 Å². The van der Waals surface area contributed by atoms with Crippen LogP contribution in [0.5, 0.6) is 0 Å². The molecule has 3 nitrogen and oxygen atoms in total. The molecule has 10 aromatic rings. The minimum atomic E-state index is -3.23. The van der Waals surface area contributed by atoms with Crippen LogP contribution in [0.2, 0.25) is 0 Å². The smallest absolute Gasteiger partial charge is 0.171 e. The predicted octanol–water partition coefficient (Wildman–Crippen LogP) is 11.6. The summed E-state index contributed by atoms with van der Waals surface area (Å²) >= 11 is 0. The molecule has 0 atom stereocenters. The van der Waals surface area contributed by atoms with Gasteiger partial charge in [0.1, 0.15) is 0 Å². The second-order valence-corrected chi connectivity index (χ2v) is 24.5. The van der Waals surface area contributed by atoms with Gasteiger partial charge in [0.05, 0.1) is 0 Å². The monoisotopic (exact) mass is 906 g/mol. The molecule has 0 unspecified atom stereocenters. The van der Waals surface area contributed by atoms with E-state index in [9.17, 15) is 0 Å². The summed E-state index contributed by atoms with van der Waals surface area (Å²) in [4.78, 5) is 0. The standard InChI is InChI=1S/C60H45O3P3/c61-64(49-20-7-1-8-21-49,50-22-9-2-10-23-50)55-40-34-46(35-41-55)58-32-19-33-59(47-36-42-56(43-37-47)65(62,51-24-11-3-12-25-51)52-26-13-4-14-27-52)60(58)48-38-44-57(45-39-48)66(63,53-28-15-5-16-29-53)54-30-17-6-18-31-54/h1-45H. The van der Waals surface area contributed by atoms with Gasteiger partial charge in [0.25, 0.3) is 0 Å². The molecule has 0 fully saturated rings. The molecule has 0 saturated carbocycles. The molecule has 0 saturated heterocycles. The fraction of sp³-hybridized carbons (Fsp3) is 0. The van der Waals surface area contributed by atoms with Crippen molar-refractivity contribution in [3.8, 4) is 33.4 Å². The van der Waals surface area contributed by atoms with Crippen molar-refractivity contribution in [2.24, 2.45) is 0 Å². The van der Waals surface area contributed by atoms with Crippen molar-refractivity contribution in [1.29, 1.82) is 0 Å². The second kappa shape index (κ2) is 18.4. The molecule has 0 amide bonds. The number of hydrogen-bond acceptors (Lipinski definition) is 3. The minimum absolute atomic E-state index is 0.742. The van der Waals surface area contributed by atoms with Gasteiger partial charge in [-0.3, -0.25) is 0 Å². The van der Waals surface area contributed by atoms with Crippen molar-refractivity contribution >= 4 is 69.2 Å². The van der Waals surface area contributed by atoms with E-state index in [0.29, 0.717) is 0 Å². The zero-order valence-corrected chi connectivity index (χ0v) is 38.7. The lowest BCUT2D eigenvalue weighted by molar-refractivity contribution is 0.591. The molecule has 318 valence electrons. The van der Waals surface area contributed by atoms with Gasteiger partial charge < -0.3 is 13.7 Å². The van der Waals surface area contributed by atoms with Gasteiger partial charge in [0.15, 0.2) is 21.4 Å². The molecule has 0 aliphatic rings. The van der Waals surface area contributed by atoms with E-state index in [1.807, 2.05) is 218 Å². The Labute approximate surface area is 387 Å². The zero-order chi connectivity index (χ0) is 45.0. The van der Waals surface area contributed by atoms with Crippen LogP contribution in [-0.4, -0.2) is 0 Å². The SMILES string of the molecule is O=P(c1ccccc1)(c1ccccc1)c1ccc(-c2cccc(-c3ccc(P(=O)(c4ccccc4)c4ccccc4)cc3)c2-c2ccc(P(=O)(c3ccccc3)c3ccccc3)cc2)cc1. The van der Waals surface area contributed by atoms with Crippen LogP contribution < -0.4 is 47.7 Å². The van der Waals surface area contributed by atoms with E-state index in [0.717, 1.165) is 81.1 Å². The number of hydrogen-bond donors (Lipinski definition) is 0. The van der Waals surface area contributed by atoms with Gasteiger partial charge in [-0.05, 0) is 33.4 Å². The molecule has 0 bridgehead atoms. The third-order valence-corrected chi connectivity index (χ3v) is 21.6. The van der Waals surface area contributed by atoms with E-state index in [1.54, 1.807) is 0 Å². The van der Waals surface area contributed by atoms with E-state index in [4.69, 9.17) is 0 Å². The highest BCUT2D eigenvalue weighted by atomic mass is 31.2. The third kappa shape index (κ3) is 7.81. The van der Waals surface area contributed by atoms with Gasteiger partial charge in [-0.1, -0.05) is 273 Å². The maximum atomic E-state index is 15.4. The van der Waals surface area contributed by atoms with Crippen molar-refractivity contribution in [2.75, 3.05) is 0 Å². The molecule has 0 radical (unpaired) electrons. The molecule has 0 spiro atoms. The van der Waals surface area contributed by atoms with Crippen LogP contribution in [0.25, 0.3) is 33.4 Å². The van der Waals surface area contributed by atoms with E-state index in [-0.39, 0.29) is 0 Å². The van der Waals surface area contributed by atoms with Gasteiger partial charge in [-0.2, -0.15) is 0 Å². The number of benzene rings is 10. The van der Waals surface area contributed by atoms with E-state index in [1.165, 1.54) is 0 Å². The van der Waals surface area contributed by atoms with E-state index >= 15 is 13.7 Å². The van der Waals surface area contributed by atoms with Crippen LogP contribution >= 0.6 is 21.4 Å². The fourth-order valence-electron chi connectivity index (χ4n) is 9.05. The Kier molecular flexibility index (Phi) is 11.9. The van der Waals surface area contributed by atoms with Gasteiger partial charge in [-0.15, -0.1) is 0 Å². The average Bonchev–Trinajstić information content (AvgIpc) is 3.41. The second-order valence-electron chi connectivity index (χ2n) is 16.2. The summed E-state index contributed by atoms with van der Waals surface area (Å²) in [5, 5.41) is 6.91. The maximum Gasteiger partial charge on any atom is 0.171 e. The summed E-state index contributed by atoms with van der Waals surface area (Å²) < 4.78 is 46.1. The fourth-order valence-corrected chi connectivity index (χ4v) is 17.0. The quantitative estimate of drug-likeness (QED) is 0.115. The molecule has 0 heterocycles. The van der Waals surface area contributed by atoms with E-state index in [2.05, 4.69) is 54.6 Å². The van der Waals surface area contributed by atoms with Crippen molar-refractivity contribution in [3.63, 3.8) is 0 Å². The molecule has 0 N–H and O–H groups in total. The maximum absolute atomic E-state index is 15.4. The Bertz CT molecular complexity index is 3090. The minimum Gasteiger partial charge on any atom is -0.309 e. The van der Waals surface area contributed by atoms with Crippen LogP contribution in [0.1, 0.15) is 0 Å². The van der Waals surface area contributed by atoms with E-state index < -0.39 is 21.4 Å². The van der Waals surface area contributed by atoms with Crippen molar-refractivity contribution in [1.82, 2.24) is 0 Å².